The number of para-hydroxylation sites is 1. The van der Waals surface area contributed by atoms with Crippen molar-refractivity contribution in [2.45, 2.75) is 105 Å². The topological polar surface area (TPSA) is 35.5 Å². The average Bonchev–Trinajstić information content (AvgIpc) is 3.27. The Hall–Kier alpha value is -2.03. The van der Waals surface area contributed by atoms with Gasteiger partial charge < -0.3 is 9.47 Å². The summed E-state index contributed by atoms with van der Waals surface area (Å²) in [5.41, 5.74) is 2.26. The minimum absolute atomic E-state index is 0.0766. The van der Waals surface area contributed by atoms with Gasteiger partial charge in [0.05, 0.1) is 0 Å². The van der Waals surface area contributed by atoms with Crippen LogP contribution in [0.2, 0.25) is 0 Å². The molecule has 0 heterocycles. The molecular formula is C36H52O3. The van der Waals surface area contributed by atoms with Crippen LogP contribution in [0.4, 0.5) is 4.79 Å². The minimum Gasteiger partial charge on any atom is -0.430 e. The maximum atomic E-state index is 12.5. The van der Waals surface area contributed by atoms with Gasteiger partial charge in [0.1, 0.15) is 11.9 Å². The van der Waals surface area contributed by atoms with E-state index in [2.05, 4.69) is 59.8 Å². The molecule has 214 valence electrons. The van der Waals surface area contributed by atoms with Crippen molar-refractivity contribution < 1.29 is 14.3 Å². The lowest BCUT2D eigenvalue weighted by Crippen LogP contribution is -2.51. The van der Waals surface area contributed by atoms with Crippen LogP contribution in [-0.2, 0) is 4.74 Å². The molecule has 3 fully saturated rings. The Bertz CT molecular complexity index is 1060. The second-order valence-electron chi connectivity index (χ2n) is 14.2. The molecule has 0 saturated heterocycles. The Morgan fingerprint density at radius 3 is 2.49 bits per heavy atom. The zero-order valence-electron chi connectivity index (χ0n) is 25.3. The highest BCUT2D eigenvalue weighted by Gasteiger charge is 2.59. The molecule has 0 aromatic heterocycles. The normalized spacial score (nSPS) is 37.4. The molecule has 3 unspecified atom stereocenters. The standard InChI is InChI=1S/C36H52O3/c1-7-26(24(2)3)14-13-25(4)31-17-18-32-30-16-15-27-23-29(39-34(37)38-28-11-9-8-10-12-28)19-21-35(27,5)33(30)20-22-36(31,32)6/h8-15,24-26,29-33H,7,16-23H2,1-6H3/t25-,26-,29+,30?,31-,32?,33?,35+,36-/m1/s1. The van der Waals surface area contributed by atoms with Gasteiger partial charge in [-0.05, 0) is 116 Å². The van der Waals surface area contributed by atoms with E-state index < -0.39 is 6.16 Å². The molecule has 1 aromatic carbocycles. The predicted octanol–water partition coefficient (Wildman–Crippen LogP) is 10.0. The second-order valence-corrected chi connectivity index (χ2v) is 14.2. The molecule has 4 aliphatic rings. The van der Waals surface area contributed by atoms with Gasteiger partial charge >= 0.3 is 6.16 Å². The maximum absolute atomic E-state index is 12.5. The van der Waals surface area contributed by atoms with Crippen molar-refractivity contribution in [2.24, 2.45) is 52.3 Å². The van der Waals surface area contributed by atoms with Gasteiger partial charge in [0, 0.05) is 6.42 Å². The van der Waals surface area contributed by atoms with Crippen LogP contribution < -0.4 is 4.74 Å². The van der Waals surface area contributed by atoms with Crippen LogP contribution in [0.5, 0.6) is 5.75 Å². The molecule has 0 radical (unpaired) electrons. The van der Waals surface area contributed by atoms with Gasteiger partial charge in [-0.2, -0.15) is 0 Å². The highest BCUT2D eigenvalue weighted by molar-refractivity contribution is 5.64. The van der Waals surface area contributed by atoms with Crippen LogP contribution in [-0.4, -0.2) is 12.3 Å². The van der Waals surface area contributed by atoms with E-state index in [-0.39, 0.29) is 11.5 Å². The highest BCUT2D eigenvalue weighted by Crippen LogP contribution is 2.67. The van der Waals surface area contributed by atoms with E-state index in [1.54, 1.807) is 17.7 Å². The molecule has 0 N–H and O–H groups in total. The van der Waals surface area contributed by atoms with Crippen LogP contribution in [0, 0.1) is 52.3 Å². The third kappa shape index (κ3) is 5.49. The molecule has 3 saturated carbocycles. The molecule has 0 spiro atoms. The van der Waals surface area contributed by atoms with Crippen LogP contribution in [0.3, 0.4) is 0 Å². The third-order valence-corrected chi connectivity index (χ3v) is 12.0. The predicted molar refractivity (Wildman–Crippen MR) is 159 cm³/mol. The summed E-state index contributed by atoms with van der Waals surface area (Å²) in [5, 5.41) is 0. The number of carbonyl (C=O) groups is 1. The van der Waals surface area contributed by atoms with Crippen LogP contribution in [0.15, 0.2) is 54.1 Å². The molecule has 0 amide bonds. The molecule has 5 rings (SSSR count). The Balaban J connectivity index is 1.24. The van der Waals surface area contributed by atoms with Crippen molar-refractivity contribution in [2.75, 3.05) is 0 Å². The van der Waals surface area contributed by atoms with E-state index in [0.29, 0.717) is 23.0 Å². The number of fused-ring (bicyclic) bond motifs is 5. The smallest absolute Gasteiger partial charge is 0.430 e. The molecule has 3 heteroatoms. The first-order valence-corrected chi connectivity index (χ1v) is 16.0. The van der Waals surface area contributed by atoms with Crippen molar-refractivity contribution in [3.05, 3.63) is 54.1 Å². The van der Waals surface area contributed by atoms with Crippen molar-refractivity contribution in [3.63, 3.8) is 0 Å². The van der Waals surface area contributed by atoms with Crippen LogP contribution in [0.25, 0.3) is 0 Å². The monoisotopic (exact) mass is 532 g/mol. The molecule has 3 nitrogen and oxygen atoms in total. The summed E-state index contributed by atoms with van der Waals surface area (Å²) >= 11 is 0. The molecule has 0 aliphatic heterocycles. The lowest BCUT2D eigenvalue weighted by molar-refractivity contribution is -0.0567. The van der Waals surface area contributed by atoms with Gasteiger partial charge in [0.25, 0.3) is 0 Å². The molecule has 1 aromatic rings. The average molecular weight is 533 g/mol. The van der Waals surface area contributed by atoms with E-state index in [4.69, 9.17) is 9.47 Å². The number of hydrogen-bond donors (Lipinski definition) is 0. The summed E-state index contributed by atoms with van der Waals surface area (Å²) in [7, 11) is 0. The highest BCUT2D eigenvalue weighted by atomic mass is 16.7. The summed E-state index contributed by atoms with van der Waals surface area (Å²) in [5.74, 6) is 5.85. The van der Waals surface area contributed by atoms with E-state index >= 15 is 0 Å². The summed E-state index contributed by atoms with van der Waals surface area (Å²) in [6.45, 7) is 14.7. The summed E-state index contributed by atoms with van der Waals surface area (Å²) in [4.78, 5) is 12.5. The van der Waals surface area contributed by atoms with Gasteiger partial charge in [0.15, 0.2) is 0 Å². The largest absolute Gasteiger partial charge is 0.514 e. The first-order valence-electron chi connectivity index (χ1n) is 16.0. The van der Waals surface area contributed by atoms with Crippen molar-refractivity contribution in [3.8, 4) is 5.75 Å². The number of carbonyl (C=O) groups excluding carboxylic acids is 1. The number of ether oxygens (including phenoxy) is 2. The number of hydrogen-bond acceptors (Lipinski definition) is 3. The van der Waals surface area contributed by atoms with Crippen LogP contribution in [0.1, 0.15) is 99.3 Å². The number of benzene rings is 1. The Morgan fingerprint density at radius 2 is 1.77 bits per heavy atom. The van der Waals surface area contributed by atoms with Crippen molar-refractivity contribution in [1.82, 2.24) is 0 Å². The lowest BCUT2D eigenvalue weighted by Gasteiger charge is -2.58. The first-order chi connectivity index (χ1) is 18.7. The fraction of sp³-hybridized carbons (Fsp3) is 0.694. The zero-order valence-corrected chi connectivity index (χ0v) is 25.3. The summed E-state index contributed by atoms with van der Waals surface area (Å²) in [6.07, 6.45) is 17.9. The van der Waals surface area contributed by atoms with E-state index in [1.165, 1.54) is 38.5 Å². The number of rotatable bonds is 7. The van der Waals surface area contributed by atoms with Crippen molar-refractivity contribution in [1.29, 1.82) is 0 Å². The molecule has 4 aliphatic carbocycles. The van der Waals surface area contributed by atoms with E-state index in [1.807, 2.05) is 18.2 Å². The van der Waals surface area contributed by atoms with Gasteiger partial charge in [-0.1, -0.05) is 83.5 Å². The summed E-state index contributed by atoms with van der Waals surface area (Å²) < 4.78 is 11.2. The van der Waals surface area contributed by atoms with Crippen LogP contribution >= 0.6 is 0 Å². The molecule has 0 bridgehead atoms. The molecule has 9 atom stereocenters. The van der Waals surface area contributed by atoms with Gasteiger partial charge in [-0.3, -0.25) is 0 Å². The SMILES string of the molecule is CC[C@H](C=C[C@@H](C)[C@H]1CCC2C3CC=C4C[C@@H](OC(=O)Oc5ccccc5)CC[C@]4(C)C3CC[C@@]21C)C(C)C. The van der Waals surface area contributed by atoms with E-state index in [9.17, 15) is 4.79 Å². The summed E-state index contributed by atoms with van der Waals surface area (Å²) in [6, 6.07) is 9.23. The van der Waals surface area contributed by atoms with Crippen molar-refractivity contribution >= 4 is 6.16 Å². The Labute approximate surface area is 237 Å². The maximum Gasteiger partial charge on any atom is 0.514 e. The molecule has 39 heavy (non-hydrogen) atoms. The fourth-order valence-electron chi connectivity index (χ4n) is 9.66. The quantitative estimate of drug-likeness (QED) is 0.199. The first kappa shape index (κ1) is 28.5. The van der Waals surface area contributed by atoms with Gasteiger partial charge in [-0.25, -0.2) is 4.79 Å². The zero-order chi connectivity index (χ0) is 27.8. The second kappa shape index (κ2) is 11.5. The van der Waals surface area contributed by atoms with Gasteiger partial charge in [-0.15, -0.1) is 0 Å². The third-order valence-electron chi connectivity index (χ3n) is 12.0. The lowest BCUT2D eigenvalue weighted by atomic mass is 9.47. The molecular weight excluding hydrogens is 480 g/mol. The van der Waals surface area contributed by atoms with Gasteiger partial charge in [0.2, 0.25) is 0 Å². The minimum atomic E-state index is -0.573. The Morgan fingerprint density at radius 1 is 1.00 bits per heavy atom. The fourth-order valence-corrected chi connectivity index (χ4v) is 9.66. The Kier molecular flexibility index (Phi) is 8.37. The van der Waals surface area contributed by atoms with E-state index in [0.717, 1.165) is 48.9 Å². The number of allylic oxidation sites excluding steroid dienone is 3.